The van der Waals surface area contributed by atoms with Gasteiger partial charge in [-0.2, -0.15) is 0 Å². The summed E-state index contributed by atoms with van der Waals surface area (Å²) in [5.74, 6) is 0. The second-order valence-electron chi connectivity index (χ2n) is 0.408. The van der Waals surface area contributed by atoms with Gasteiger partial charge in [0.25, 0.3) is 0 Å². The van der Waals surface area contributed by atoms with Gasteiger partial charge in [0.2, 0.25) is 0 Å². The third kappa shape index (κ3) is 51.7. The van der Waals surface area contributed by atoms with Crippen LogP contribution in [0.5, 0.6) is 0 Å². The van der Waals surface area contributed by atoms with Crippen molar-refractivity contribution < 1.29 is 17.5 Å². The van der Waals surface area contributed by atoms with Gasteiger partial charge in [0.15, 0.2) is 0 Å². The summed E-state index contributed by atoms with van der Waals surface area (Å²) in [5.41, 5.74) is 0. The van der Waals surface area contributed by atoms with Crippen LogP contribution < -0.4 is 0 Å². The van der Waals surface area contributed by atoms with Crippen LogP contribution in [0.3, 0.4) is 0 Å². The molecule has 4 nitrogen and oxygen atoms in total. The van der Waals surface area contributed by atoms with Gasteiger partial charge >= 0.3 is 0 Å². The second kappa shape index (κ2) is 3.44. The van der Waals surface area contributed by atoms with E-state index < -0.39 is 10.4 Å². The van der Waals surface area contributed by atoms with Crippen LogP contribution in [-0.2, 0) is 10.4 Å². The Morgan fingerprint density at radius 2 is 1.17 bits per heavy atom. The third-order valence-electron chi connectivity index (χ3n) is 0. The van der Waals surface area contributed by atoms with Gasteiger partial charge in [-0.15, -0.1) is 0 Å². The summed E-state index contributed by atoms with van der Waals surface area (Å²) in [5, 5.41) is 0. The molecule has 0 aliphatic heterocycles. The third-order valence-corrected chi connectivity index (χ3v) is 0. The van der Waals surface area contributed by atoms with Crippen molar-refractivity contribution in [3.05, 3.63) is 0 Å². The zero-order valence-corrected chi connectivity index (χ0v) is 8.01. The van der Waals surface area contributed by atoms with E-state index in [9.17, 15) is 0 Å². The molecular formula is BaO4S-2. The Morgan fingerprint density at radius 1 is 1.17 bits per heavy atom. The van der Waals surface area contributed by atoms with Gasteiger partial charge in [-0.25, -0.2) is 0 Å². The van der Waals surface area contributed by atoms with Crippen molar-refractivity contribution in [3.8, 4) is 0 Å². The summed E-state index contributed by atoms with van der Waals surface area (Å²) in [6.45, 7) is 0. The monoisotopic (exact) mass is 234 g/mol. The molecule has 6 heavy (non-hydrogen) atoms. The summed E-state index contributed by atoms with van der Waals surface area (Å²) in [6.07, 6.45) is 0. The van der Waals surface area contributed by atoms with Crippen molar-refractivity contribution in [2.24, 2.45) is 0 Å². The molecular weight excluding hydrogens is 233 g/mol. The molecule has 0 aromatic heterocycles. The quantitative estimate of drug-likeness (QED) is 0.283. The SMILES string of the molecule is O=S(=O)([O-])[O-].[Ba]. The Bertz CT molecular complexity index is 90.7. The summed E-state index contributed by atoms with van der Waals surface area (Å²) in [7, 11) is -5.17. The summed E-state index contributed by atoms with van der Waals surface area (Å²) in [6, 6.07) is 0. The maximum absolute atomic E-state index is 8.52. The van der Waals surface area contributed by atoms with Crippen LogP contribution in [0, 0.1) is 0 Å². The van der Waals surface area contributed by atoms with Crippen molar-refractivity contribution in [3.63, 3.8) is 0 Å². The minimum atomic E-state index is -5.17. The molecule has 0 bridgehead atoms. The predicted molar refractivity (Wildman–Crippen MR) is 16.2 cm³/mol. The van der Waals surface area contributed by atoms with E-state index in [0.717, 1.165) is 0 Å². The maximum atomic E-state index is 8.52. The standard InChI is InChI=1S/Ba.H2O4S/c;1-5(2,3)4/h;(H2,1,2,3,4)/p-2. The Hall–Kier alpha value is 1.44. The van der Waals surface area contributed by atoms with Crippen LogP contribution in [0.15, 0.2) is 0 Å². The first-order chi connectivity index (χ1) is 2.00. The molecule has 0 heterocycles. The van der Waals surface area contributed by atoms with Crippen LogP contribution in [0.25, 0.3) is 0 Å². The van der Waals surface area contributed by atoms with Gasteiger partial charge in [-0.3, -0.25) is 8.42 Å². The van der Waals surface area contributed by atoms with Gasteiger partial charge in [-0.1, -0.05) is 0 Å². The van der Waals surface area contributed by atoms with Gasteiger partial charge in [0, 0.05) is 59.3 Å². The first kappa shape index (κ1) is 10.4. The molecule has 0 unspecified atom stereocenters. The van der Waals surface area contributed by atoms with E-state index in [-0.39, 0.29) is 48.9 Å². The molecule has 34 valence electrons. The molecule has 0 fully saturated rings. The van der Waals surface area contributed by atoms with E-state index in [2.05, 4.69) is 0 Å². The van der Waals surface area contributed by atoms with Crippen molar-refractivity contribution in [1.82, 2.24) is 0 Å². The van der Waals surface area contributed by atoms with Crippen LogP contribution in [0.1, 0.15) is 0 Å². The molecule has 0 spiro atoms. The topological polar surface area (TPSA) is 80.3 Å². The molecule has 0 aliphatic carbocycles. The van der Waals surface area contributed by atoms with E-state index in [1.807, 2.05) is 0 Å². The molecule has 0 rings (SSSR count). The average Bonchev–Trinajstić information content (AvgIpc) is 0.722. The van der Waals surface area contributed by atoms with E-state index in [1.165, 1.54) is 0 Å². The molecule has 0 aromatic carbocycles. The molecule has 0 aliphatic rings. The first-order valence-corrected chi connectivity index (χ1v) is 2.00. The molecule has 6 heteroatoms. The Balaban J connectivity index is 0. The molecule has 2 radical (unpaired) electrons. The number of rotatable bonds is 0. The van der Waals surface area contributed by atoms with Crippen LogP contribution in [0.2, 0.25) is 0 Å². The maximum Gasteiger partial charge on any atom is 0.0311 e. The van der Waals surface area contributed by atoms with Crippen LogP contribution >= 0.6 is 0 Å². The minimum Gasteiger partial charge on any atom is -0.759 e. The van der Waals surface area contributed by atoms with Crippen LogP contribution in [0.4, 0.5) is 0 Å². The fraction of sp³-hybridized carbons (Fsp3) is 0. The Morgan fingerprint density at radius 3 is 1.17 bits per heavy atom. The van der Waals surface area contributed by atoms with Crippen molar-refractivity contribution in [1.29, 1.82) is 0 Å². The van der Waals surface area contributed by atoms with E-state index in [0.29, 0.717) is 0 Å². The van der Waals surface area contributed by atoms with Gasteiger partial charge < -0.3 is 9.11 Å². The van der Waals surface area contributed by atoms with Crippen LogP contribution in [-0.4, -0.2) is 66.4 Å². The molecule has 0 atom stereocenters. The molecule has 0 saturated heterocycles. The fourth-order valence-corrected chi connectivity index (χ4v) is 0. The van der Waals surface area contributed by atoms with Crippen molar-refractivity contribution in [2.45, 2.75) is 0 Å². The van der Waals surface area contributed by atoms with E-state index >= 15 is 0 Å². The number of hydrogen-bond donors (Lipinski definition) is 0. The minimum absolute atomic E-state index is 0. The normalized spacial score (nSPS) is 9.67. The average molecular weight is 233 g/mol. The molecule has 0 amide bonds. The summed E-state index contributed by atoms with van der Waals surface area (Å²) in [4.78, 5) is 0. The van der Waals surface area contributed by atoms with Crippen molar-refractivity contribution in [2.75, 3.05) is 0 Å². The van der Waals surface area contributed by atoms with E-state index in [1.54, 1.807) is 0 Å². The first-order valence-electron chi connectivity index (χ1n) is 0.667. The smallest absolute Gasteiger partial charge is 0.0311 e. The summed E-state index contributed by atoms with van der Waals surface area (Å²) >= 11 is 0. The predicted octanol–water partition coefficient (Wildman–Crippen LogP) is -1.72. The van der Waals surface area contributed by atoms with E-state index in [4.69, 9.17) is 17.5 Å². The van der Waals surface area contributed by atoms with Gasteiger partial charge in [-0.05, 0) is 0 Å². The zero-order valence-electron chi connectivity index (χ0n) is 2.75. The Kier molecular flexibility index (Phi) is 5.99. The van der Waals surface area contributed by atoms with Gasteiger partial charge in [0.05, 0.1) is 0 Å². The molecule has 0 N–H and O–H groups in total. The fourth-order valence-electron chi connectivity index (χ4n) is 0. The molecule has 0 aromatic rings. The van der Waals surface area contributed by atoms with Gasteiger partial charge in [0.1, 0.15) is 0 Å². The Labute approximate surface area is 75.6 Å². The summed E-state index contributed by atoms with van der Waals surface area (Å²) < 4.78 is 34.1. The largest absolute Gasteiger partial charge is 0.759 e. The molecule has 0 saturated carbocycles. The zero-order chi connectivity index (χ0) is 4.50. The second-order valence-corrected chi connectivity index (χ2v) is 1.22. The number of hydrogen-bond acceptors (Lipinski definition) is 4. The van der Waals surface area contributed by atoms with Crippen molar-refractivity contribution >= 4 is 59.3 Å².